The third-order valence-electron chi connectivity index (χ3n) is 6.10. The second-order valence-corrected chi connectivity index (χ2v) is 8.75. The molecule has 2 N–H and O–H groups in total. The second kappa shape index (κ2) is 11.8. The van der Waals surface area contributed by atoms with Gasteiger partial charge in [-0.25, -0.2) is 0 Å². The van der Waals surface area contributed by atoms with Crippen molar-refractivity contribution in [3.8, 4) is 0 Å². The predicted molar refractivity (Wildman–Crippen MR) is 128 cm³/mol. The van der Waals surface area contributed by atoms with E-state index < -0.39 is 0 Å². The van der Waals surface area contributed by atoms with Crippen molar-refractivity contribution in [2.75, 3.05) is 5.32 Å². The van der Waals surface area contributed by atoms with Gasteiger partial charge in [0.05, 0.1) is 5.56 Å². The van der Waals surface area contributed by atoms with E-state index in [9.17, 15) is 4.79 Å². The number of unbranched alkanes of at least 4 members (excludes halogenated alkanes) is 3. The zero-order valence-electron chi connectivity index (χ0n) is 17.9. The molecule has 1 aliphatic carbocycles. The Labute approximate surface area is 185 Å². The molecule has 0 spiro atoms. The highest BCUT2D eigenvalue weighted by Gasteiger charge is 2.22. The van der Waals surface area contributed by atoms with Gasteiger partial charge in [0.2, 0.25) is 0 Å². The fraction of sp³-hybridized carbons (Fsp3) is 0.480. The lowest BCUT2D eigenvalue weighted by Gasteiger charge is -2.29. The summed E-state index contributed by atoms with van der Waals surface area (Å²) >= 11 is 5.27. The van der Waals surface area contributed by atoms with Crippen molar-refractivity contribution in [2.24, 2.45) is 5.92 Å². The van der Waals surface area contributed by atoms with Crippen molar-refractivity contribution < 1.29 is 4.79 Å². The number of nitrogens with zero attached hydrogens (tertiary/aromatic N) is 1. The van der Waals surface area contributed by atoms with Crippen LogP contribution in [0.5, 0.6) is 0 Å². The zero-order valence-corrected chi connectivity index (χ0v) is 18.7. The maximum absolute atomic E-state index is 12.2. The highest BCUT2D eigenvalue weighted by molar-refractivity contribution is 7.80. The maximum Gasteiger partial charge on any atom is 0.258 e. The molecule has 0 atom stereocenters. The molecule has 2 aromatic rings. The summed E-state index contributed by atoms with van der Waals surface area (Å²) in [6.45, 7) is 2.28. The van der Waals surface area contributed by atoms with E-state index in [0.717, 1.165) is 11.6 Å². The Kier molecular flexibility index (Phi) is 8.81. The second-order valence-electron chi connectivity index (χ2n) is 8.34. The van der Waals surface area contributed by atoms with Crippen LogP contribution in [0.1, 0.15) is 86.6 Å². The van der Waals surface area contributed by atoms with E-state index in [1.165, 1.54) is 69.5 Å². The van der Waals surface area contributed by atoms with Crippen molar-refractivity contribution in [3.63, 3.8) is 0 Å². The van der Waals surface area contributed by atoms with Gasteiger partial charge in [-0.15, -0.1) is 0 Å². The van der Waals surface area contributed by atoms with E-state index in [2.05, 4.69) is 46.8 Å². The van der Waals surface area contributed by atoms with Crippen molar-refractivity contribution in [2.45, 2.75) is 70.6 Å². The van der Waals surface area contributed by atoms with Crippen molar-refractivity contribution in [3.05, 3.63) is 59.9 Å². The highest BCUT2D eigenvalue weighted by Crippen LogP contribution is 2.38. The van der Waals surface area contributed by atoms with Gasteiger partial charge in [-0.2, -0.15) is 0 Å². The number of hydrogen-bond donors (Lipinski definition) is 2. The van der Waals surface area contributed by atoms with Gasteiger partial charge >= 0.3 is 0 Å². The van der Waals surface area contributed by atoms with E-state index in [1.807, 2.05) is 0 Å². The van der Waals surface area contributed by atoms with E-state index in [4.69, 9.17) is 12.2 Å². The number of carbonyl (C=O) groups is 1. The zero-order chi connectivity index (χ0) is 21.2. The Balaban J connectivity index is 1.43. The molecule has 0 unspecified atom stereocenters. The van der Waals surface area contributed by atoms with Gasteiger partial charge in [-0.3, -0.25) is 15.1 Å². The maximum atomic E-state index is 12.2. The molecular weight excluding hydrogens is 390 g/mol. The molecule has 0 aliphatic heterocycles. The third-order valence-corrected chi connectivity index (χ3v) is 6.31. The number of carbonyl (C=O) groups excluding carboxylic acids is 1. The van der Waals surface area contributed by atoms with E-state index >= 15 is 0 Å². The summed E-state index contributed by atoms with van der Waals surface area (Å²) in [5.41, 5.74) is 2.79. The molecule has 160 valence electrons. The quantitative estimate of drug-likeness (QED) is 0.378. The van der Waals surface area contributed by atoms with Gasteiger partial charge in [0.25, 0.3) is 5.91 Å². The summed E-state index contributed by atoms with van der Waals surface area (Å²) < 4.78 is 0. The Morgan fingerprint density at radius 1 is 1.07 bits per heavy atom. The number of amides is 1. The van der Waals surface area contributed by atoms with Crippen LogP contribution in [0, 0.1) is 5.92 Å². The van der Waals surface area contributed by atoms with Crippen LogP contribution < -0.4 is 10.6 Å². The number of thiocarbonyl (C=S) groups is 1. The molecule has 5 heteroatoms. The van der Waals surface area contributed by atoms with Gasteiger partial charge in [-0.05, 0) is 79.6 Å². The van der Waals surface area contributed by atoms with Crippen molar-refractivity contribution in [1.82, 2.24) is 10.3 Å². The minimum Gasteiger partial charge on any atom is -0.332 e. The first-order valence-corrected chi connectivity index (χ1v) is 11.7. The van der Waals surface area contributed by atoms with E-state index in [0.29, 0.717) is 16.6 Å². The van der Waals surface area contributed by atoms with Crippen LogP contribution in [0.3, 0.4) is 0 Å². The molecular formula is C25H33N3OS. The van der Waals surface area contributed by atoms with Crippen LogP contribution in [0.2, 0.25) is 0 Å². The molecule has 3 rings (SSSR count). The summed E-state index contributed by atoms with van der Waals surface area (Å²) in [6.07, 6.45) is 15.4. The minimum atomic E-state index is -0.260. The van der Waals surface area contributed by atoms with Crippen LogP contribution in [0.4, 0.5) is 5.69 Å². The van der Waals surface area contributed by atoms with Gasteiger partial charge in [0.15, 0.2) is 5.11 Å². The molecule has 1 amide bonds. The molecule has 0 bridgehead atoms. The Hall–Kier alpha value is -2.27. The Morgan fingerprint density at radius 2 is 1.83 bits per heavy atom. The van der Waals surface area contributed by atoms with Crippen molar-refractivity contribution in [1.29, 1.82) is 0 Å². The number of hydrogen-bond acceptors (Lipinski definition) is 3. The van der Waals surface area contributed by atoms with Crippen LogP contribution in [-0.4, -0.2) is 16.0 Å². The minimum absolute atomic E-state index is 0.260. The number of anilines is 1. The first-order chi connectivity index (χ1) is 14.7. The average molecular weight is 424 g/mol. The molecule has 1 heterocycles. The van der Waals surface area contributed by atoms with E-state index in [-0.39, 0.29) is 5.91 Å². The standard InChI is InChI=1S/C25H33N3OS/c1-2-3-4-5-7-19-9-11-20(12-10-19)21-13-15-23(16-14-21)27-25(30)28-24(29)22-8-6-17-26-18-22/h6,8,13-20H,2-5,7,9-12H2,1H3,(H2,27,28,29,30). The summed E-state index contributed by atoms with van der Waals surface area (Å²) in [5.74, 6) is 1.34. The molecule has 1 aromatic heterocycles. The fourth-order valence-corrected chi connectivity index (χ4v) is 4.53. The highest BCUT2D eigenvalue weighted by atomic mass is 32.1. The smallest absolute Gasteiger partial charge is 0.258 e. The third kappa shape index (κ3) is 6.91. The van der Waals surface area contributed by atoms with Crippen LogP contribution in [0.25, 0.3) is 0 Å². The summed E-state index contributed by atoms with van der Waals surface area (Å²) in [6, 6.07) is 11.9. The largest absolute Gasteiger partial charge is 0.332 e. The number of rotatable bonds is 8. The fourth-order valence-electron chi connectivity index (χ4n) is 4.32. The van der Waals surface area contributed by atoms with Gasteiger partial charge < -0.3 is 5.32 Å². The Bertz CT molecular complexity index is 799. The van der Waals surface area contributed by atoms with Crippen molar-refractivity contribution >= 4 is 28.9 Å². The number of aromatic nitrogens is 1. The SMILES string of the molecule is CCCCCCC1CCC(c2ccc(NC(=S)NC(=O)c3cccnc3)cc2)CC1. The van der Waals surface area contributed by atoms with E-state index in [1.54, 1.807) is 18.3 Å². The molecule has 1 saturated carbocycles. The summed E-state index contributed by atoms with van der Waals surface area (Å²) in [4.78, 5) is 16.1. The molecule has 30 heavy (non-hydrogen) atoms. The predicted octanol–water partition coefficient (Wildman–Crippen LogP) is 6.45. The monoisotopic (exact) mass is 423 g/mol. The summed E-state index contributed by atoms with van der Waals surface area (Å²) in [5, 5.41) is 6.08. The van der Waals surface area contributed by atoms with Gasteiger partial charge in [0.1, 0.15) is 0 Å². The molecule has 1 aromatic carbocycles. The summed E-state index contributed by atoms with van der Waals surface area (Å²) in [7, 11) is 0. The average Bonchev–Trinajstić information content (AvgIpc) is 2.78. The number of benzene rings is 1. The van der Waals surface area contributed by atoms with Crippen LogP contribution in [0.15, 0.2) is 48.8 Å². The molecule has 1 fully saturated rings. The number of pyridine rings is 1. The molecule has 0 radical (unpaired) electrons. The molecule has 1 aliphatic rings. The normalized spacial score (nSPS) is 18.6. The van der Waals surface area contributed by atoms with Gasteiger partial charge in [-0.1, -0.05) is 51.2 Å². The first kappa shape index (κ1) is 22.4. The number of nitrogens with one attached hydrogen (secondary N) is 2. The first-order valence-electron chi connectivity index (χ1n) is 11.3. The lowest BCUT2D eigenvalue weighted by Crippen LogP contribution is -2.34. The lowest BCUT2D eigenvalue weighted by molar-refractivity contribution is 0.0977. The van der Waals surface area contributed by atoms with Gasteiger partial charge in [0, 0.05) is 18.1 Å². The topological polar surface area (TPSA) is 54.0 Å². The Morgan fingerprint density at radius 3 is 2.50 bits per heavy atom. The van der Waals surface area contributed by atoms with Crippen LogP contribution in [-0.2, 0) is 0 Å². The lowest BCUT2D eigenvalue weighted by atomic mass is 9.77. The molecule has 0 saturated heterocycles. The molecule has 4 nitrogen and oxygen atoms in total. The van der Waals surface area contributed by atoms with Crippen LogP contribution >= 0.6 is 12.2 Å².